The van der Waals surface area contributed by atoms with E-state index < -0.39 is 0 Å². The molecule has 13 heavy (non-hydrogen) atoms. The highest BCUT2D eigenvalue weighted by Crippen LogP contribution is 2.10. The molecular formula is C10H10ClNO. The van der Waals surface area contributed by atoms with Crippen LogP contribution in [0, 0.1) is 5.41 Å². The molecule has 1 aromatic carbocycles. The maximum Gasteiger partial charge on any atom is 0.173 e. The third kappa shape index (κ3) is 3.38. The van der Waals surface area contributed by atoms with Crippen LogP contribution in [-0.2, 0) is 11.2 Å². The van der Waals surface area contributed by atoms with Crippen molar-refractivity contribution < 1.29 is 4.79 Å². The van der Waals surface area contributed by atoms with Crippen LogP contribution in [0.4, 0.5) is 0 Å². The van der Waals surface area contributed by atoms with Gasteiger partial charge in [-0.1, -0.05) is 23.7 Å². The Hall–Kier alpha value is -1.15. The summed E-state index contributed by atoms with van der Waals surface area (Å²) in [5.41, 5.74) is 1.07. The molecule has 0 fully saturated rings. The molecule has 68 valence electrons. The van der Waals surface area contributed by atoms with Crippen molar-refractivity contribution in [2.75, 3.05) is 0 Å². The summed E-state index contributed by atoms with van der Waals surface area (Å²) >= 11 is 5.70. The summed E-state index contributed by atoms with van der Waals surface area (Å²) in [6, 6.07) is 7.37. The van der Waals surface area contributed by atoms with Crippen molar-refractivity contribution in [2.45, 2.75) is 12.8 Å². The molecule has 1 aromatic rings. The summed E-state index contributed by atoms with van der Waals surface area (Å²) < 4.78 is 0. The Labute approximate surface area is 82.0 Å². The van der Waals surface area contributed by atoms with Crippen LogP contribution in [-0.4, -0.2) is 12.0 Å². The molecule has 0 aromatic heterocycles. The highest BCUT2D eigenvalue weighted by atomic mass is 35.5. The molecule has 0 aliphatic rings. The van der Waals surface area contributed by atoms with Gasteiger partial charge in [-0.05, 0) is 24.1 Å². The lowest BCUT2D eigenvalue weighted by atomic mass is 10.1. The van der Waals surface area contributed by atoms with Gasteiger partial charge in [-0.25, -0.2) is 0 Å². The monoisotopic (exact) mass is 195 g/mol. The zero-order valence-corrected chi connectivity index (χ0v) is 7.84. The van der Waals surface area contributed by atoms with Crippen molar-refractivity contribution in [3.8, 4) is 0 Å². The van der Waals surface area contributed by atoms with Gasteiger partial charge >= 0.3 is 0 Å². The summed E-state index contributed by atoms with van der Waals surface area (Å²) in [4.78, 5) is 10.8. The Balaban J connectivity index is 2.50. The number of halogens is 1. The molecular weight excluding hydrogens is 186 g/mol. The first kappa shape index (κ1) is 9.93. The normalized spacial score (nSPS) is 9.62. The highest BCUT2D eigenvalue weighted by molar-refractivity contribution is 6.30. The fourth-order valence-electron chi connectivity index (χ4n) is 0.991. The Morgan fingerprint density at radius 2 is 2.00 bits per heavy atom. The van der Waals surface area contributed by atoms with Crippen LogP contribution in [0.15, 0.2) is 24.3 Å². The molecule has 0 heterocycles. The summed E-state index contributed by atoms with van der Waals surface area (Å²) in [6.07, 6.45) is 1.92. The average Bonchev–Trinajstić information content (AvgIpc) is 2.16. The Morgan fingerprint density at radius 1 is 1.38 bits per heavy atom. The van der Waals surface area contributed by atoms with Crippen molar-refractivity contribution >= 4 is 23.6 Å². The number of rotatable bonds is 4. The quantitative estimate of drug-likeness (QED) is 0.737. The first-order valence-corrected chi connectivity index (χ1v) is 4.38. The maximum atomic E-state index is 10.8. The smallest absolute Gasteiger partial charge is 0.173 e. The Morgan fingerprint density at radius 3 is 2.54 bits per heavy atom. The minimum Gasteiger partial charge on any atom is -0.305 e. The maximum absolute atomic E-state index is 10.8. The first-order chi connectivity index (χ1) is 6.22. The number of hydrogen-bond donors (Lipinski definition) is 1. The second kappa shape index (κ2) is 4.77. The summed E-state index contributed by atoms with van der Waals surface area (Å²) in [5.74, 6) is -0.144. The molecule has 1 rings (SSSR count). The largest absolute Gasteiger partial charge is 0.305 e. The van der Waals surface area contributed by atoms with Crippen molar-refractivity contribution in [3.63, 3.8) is 0 Å². The molecule has 0 amide bonds. The minimum absolute atomic E-state index is 0.144. The molecule has 0 aliphatic heterocycles. The van der Waals surface area contributed by atoms with E-state index in [0.717, 1.165) is 11.8 Å². The van der Waals surface area contributed by atoms with Gasteiger partial charge in [0.2, 0.25) is 0 Å². The van der Waals surface area contributed by atoms with E-state index in [1.807, 2.05) is 12.1 Å². The predicted octanol–water partition coefficient (Wildman–Crippen LogP) is 2.49. The number of aryl methyl sites for hydroxylation is 1. The van der Waals surface area contributed by atoms with Crippen molar-refractivity contribution in [1.82, 2.24) is 0 Å². The van der Waals surface area contributed by atoms with Crippen LogP contribution in [0.25, 0.3) is 0 Å². The van der Waals surface area contributed by atoms with Crippen LogP contribution >= 0.6 is 11.6 Å². The van der Waals surface area contributed by atoms with E-state index in [-0.39, 0.29) is 5.78 Å². The van der Waals surface area contributed by atoms with Gasteiger partial charge in [-0.2, -0.15) is 0 Å². The third-order valence-electron chi connectivity index (χ3n) is 1.73. The summed E-state index contributed by atoms with van der Waals surface area (Å²) in [7, 11) is 0. The zero-order chi connectivity index (χ0) is 9.68. The lowest BCUT2D eigenvalue weighted by Gasteiger charge is -1.98. The van der Waals surface area contributed by atoms with E-state index in [9.17, 15) is 4.79 Å². The van der Waals surface area contributed by atoms with Crippen molar-refractivity contribution in [3.05, 3.63) is 34.9 Å². The number of carbonyl (C=O) groups is 1. The first-order valence-electron chi connectivity index (χ1n) is 4.00. The molecule has 0 bridgehead atoms. The molecule has 0 saturated heterocycles. The van der Waals surface area contributed by atoms with Gasteiger partial charge in [0, 0.05) is 11.4 Å². The number of Topliss-reactive ketones (excluding diaryl/α,β-unsaturated/α-hetero) is 1. The van der Waals surface area contributed by atoms with Gasteiger partial charge in [-0.15, -0.1) is 0 Å². The third-order valence-corrected chi connectivity index (χ3v) is 1.99. The summed E-state index contributed by atoms with van der Waals surface area (Å²) in [6.45, 7) is 0. The van der Waals surface area contributed by atoms with E-state index in [2.05, 4.69) is 0 Å². The second-order valence-electron chi connectivity index (χ2n) is 2.74. The molecule has 3 heteroatoms. The predicted molar refractivity (Wildman–Crippen MR) is 53.6 cm³/mol. The number of nitrogens with one attached hydrogen (secondary N) is 1. The van der Waals surface area contributed by atoms with E-state index in [1.54, 1.807) is 12.1 Å². The average molecular weight is 196 g/mol. The SMILES string of the molecule is N=CC(=O)CCc1ccc(Cl)cc1. The van der Waals surface area contributed by atoms with Gasteiger partial charge in [0.15, 0.2) is 5.78 Å². The molecule has 0 radical (unpaired) electrons. The van der Waals surface area contributed by atoms with Crippen LogP contribution in [0.2, 0.25) is 5.02 Å². The van der Waals surface area contributed by atoms with Crippen LogP contribution in [0.1, 0.15) is 12.0 Å². The molecule has 0 saturated carbocycles. The number of ketones is 1. The van der Waals surface area contributed by atoms with Gasteiger partial charge in [0.05, 0.1) is 6.21 Å². The molecule has 0 unspecified atom stereocenters. The van der Waals surface area contributed by atoms with Gasteiger partial charge in [-0.3, -0.25) is 4.79 Å². The lowest BCUT2D eigenvalue weighted by molar-refractivity contribution is -0.112. The van der Waals surface area contributed by atoms with Crippen molar-refractivity contribution in [2.24, 2.45) is 0 Å². The van der Waals surface area contributed by atoms with Gasteiger partial charge in [0.1, 0.15) is 0 Å². The Bertz CT molecular complexity index is 305. The standard InChI is InChI=1S/C10H10ClNO/c11-9-4-1-8(2-5-9)3-6-10(13)7-12/h1-2,4-5,7,12H,3,6H2. The lowest BCUT2D eigenvalue weighted by Crippen LogP contribution is -1.99. The van der Waals surface area contributed by atoms with E-state index >= 15 is 0 Å². The molecule has 0 spiro atoms. The second-order valence-corrected chi connectivity index (χ2v) is 3.17. The summed E-state index contributed by atoms with van der Waals surface area (Å²) in [5, 5.41) is 7.41. The van der Waals surface area contributed by atoms with E-state index in [0.29, 0.717) is 17.9 Å². The van der Waals surface area contributed by atoms with Crippen molar-refractivity contribution in [1.29, 1.82) is 5.41 Å². The highest BCUT2D eigenvalue weighted by Gasteiger charge is 1.98. The molecule has 2 nitrogen and oxygen atoms in total. The van der Waals surface area contributed by atoms with Crippen LogP contribution < -0.4 is 0 Å². The minimum atomic E-state index is -0.144. The van der Waals surface area contributed by atoms with E-state index in [1.165, 1.54) is 0 Å². The van der Waals surface area contributed by atoms with Gasteiger partial charge < -0.3 is 5.41 Å². The van der Waals surface area contributed by atoms with Crippen LogP contribution in [0.5, 0.6) is 0 Å². The number of hydrogen-bond acceptors (Lipinski definition) is 2. The van der Waals surface area contributed by atoms with Gasteiger partial charge in [0.25, 0.3) is 0 Å². The number of carbonyl (C=O) groups excluding carboxylic acids is 1. The fourth-order valence-corrected chi connectivity index (χ4v) is 1.12. The van der Waals surface area contributed by atoms with E-state index in [4.69, 9.17) is 17.0 Å². The fraction of sp³-hybridized carbons (Fsp3) is 0.200. The van der Waals surface area contributed by atoms with Crippen LogP contribution in [0.3, 0.4) is 0 Å². The Kier molecular flexibility index (Phi) is 3.65. The molecule has 0 atom stereocenters. The topological polar surface area (TPSA) is 40.9 Å². The molecule has 0 aliphatic carbocycles. The zero-order valence-electron chi connectivity index (χ0n) is 7.09. The number of benzene rings is 1. The molecule has 1 N–H and O–H groups in total.